The number of carbonyl (C=O) groups is 3. The fourth-order valence-electron chi connectivity index (χ4n) is 4.60. The molecule has 11 nitrogen and oxygen atoms in total. The van der Waals surface area contributed by atoms with Crippen LogP contribution in [0.2, 0.25) is 0 Å². The first kappa shape index (κ1) is 38.8. The van der Waals surface area contributed by atoms with E-state index in [0.29, 0.717) is 12.4 Å². The number of nitrogens with two attached hydrogens (primary N) is 2. The quantitative estimate of drug-likeness (QED) is 0.183. The van der Waals surface area contributed by atoms with Gasteiger partial charge in [-0.15, -0.1) is 0 Å². The molecule has 0 aliphatic rings. The van der Waals surface area contributed by atoms with Crippen molar-refractivity contribution in [3.63, 3.8) is 0 Å². The molecule has 0 spiro atoms. The van der Waals surface area contributed by atoms with Crippen LogP contribution in [0.25, 0.3) is 11.3 Å². The number of aliphatic carboxylic acids is 1. The van der Waals surface area contributed by atoms with E-state index in [0.717, 1.165) is 23.8 Å². The Hall–Kier alpha value is -4.41. The number of hydrogen-bond donors (Lipinski definition) is 5. The highest BCUT2D eigenvalue weighted by molar-refractivity contribution is 5.82. The Balaban J connectivity index is 0.000000984. The summed E-state index contributed by atoms with van der Waals surface area (Å²) in [5.41, 5.74) is 12.0. The van der Waals surface area contributed by atoms with Crippen LogP contribution in [0.5, 0.6) is 0 Å². The minimum Gasteiger partial charge on any atom is -0.475 e. The van der Waals surface area contributed by atoms with Gasteiger partial charge in [-0.25, -0.2) is 18.6 Å². The topological polar surface area (TPSA) is 177 Å². The van der Waals surface area contributed by atoms with E-state index in [1.807, 2.05) is 51.1 Å². The lowest BCUT2D eigenvalue weighted by atomic mass is 9.84. The summed E-state index contributed by atoms with van der Waals surface area (Å²) in [7, 11) is 0. The van der Waals surface area contributed by atoms with Gasteiger partial charge >= 0.3 is 12.1 Å². The maximum Gasteiger partial charge on any atom is 0.490 e. The summed E-state index contributed by atoms with van der Waals surface area (Å²) in [6.45, 7) is 5.87. The molecule has 0 aliphatic carbocycles. The Morgan fingerprint density at radius 1 is 1.06 bits per heavy atom. The molecule has 1 aromatic heterocycles. The number of carbonyl (C=O) groups excluding carboxylic acids is 2. The average Bonchev–Trinajstić information content (AvgIpc) is 3.40. The van der Waals surface area contributed by atoms with E-state index in [9.17, 15) is 36.6 Å². The fraction of sp³-hybridized carbons (Fsp3) is 0.419. The van der Waals surface area contributed by atoms with Gasteiger partial charge in [-0.3, -0.25) is 9.59 Å². The van der Waals surface area contributed by atoms with Crippen molar-refractivity contribution < 1.29 is 46.5 Å². The maximum absolute atomic E-state index is 14.8. The van der Waals surface area contributed by atoms with Crippen molar-refractivity contribution >= 4 is 17.8 Å². The van der Waals surface area contributed by atoms with Gasteiger partial charge < -0.3 is 36.5 Å². The van der Waals surface area contributed by atoms with Crippen LogP contribution in [-0.2, 0) is 20.9 Å². The number of aliphatic hydroxyl groups is 1. The van der Waals surface area contributed by atoms with Crippen molar-refractivity contribution in [2.75, 3.05) is 26.2 Å². The van der Waals surface area contributed by atoms with Crippen molar-refractivity contribution in [2.45, 2.75) is 52.0 Å². The van der Waals surface area contributed by atoms with Crippen LogP contribution in [0.3, 0.4) is 0 Å². The van der Waals surface area contributed by atoms with E-state index < -0.39 is 59.7 Å². The highest BCUT2D eigenvalue weighted by atomic mass is 19.4. The van der Waals surface area contributed by atoms with Crippen molar-refractivity contribution in [3.8, 4) is 11.3 Å². The first-order valence-corrected chi connectivity index (χ1v) is 14.4. The molecule has 7 N–H and O–H groups in total. The summed E-state index contributed by atoms with van der Waals surface area (Å²) in [6.07, 6.45) is -3.34. The zero-order valence-corrected chi connectivity index (χ0v) is 26.1. The number of aromatic nitrogens is 2. The molecule has 0 unspecified atom stereocenters. The molecule has 1 heterocycles. The standard InChI is InChI=1S/C29H38F2N6O3.C2HF3O2/c1-29(2,3)26(37(25(39)18-38)14-11-23(33)28(40)34-13-12-32)27-35-24(21-15-20(30)9-10-22(21)31)17-36(27)16-19-7-5-4-6-8-19;3-2(4,5)1(6)7/h4-10,15,17,23,26,38H,11-14,16,18,32-33H2,1-3H3,(H,34,40);(H,6,7)/t23-,26-;/m0./s1. The molecule has 47 heavy (non-hydrogen) atoms. The minimum absolute atomic E-state index is 0.0145. The maximum atomic E-state index is 14.8. The SMILES string of the molecule is CC(C)(C)[C@H](c1nc(-c2cc(F)ccc2F)cn1Cc1ccccc1)N(CC[C@H](N)C(=O)NCCN)C(=O)CO.O=C(O)C(F)(F)F. The highest BCUT2D eigenvalue weighted by Crippen LogP contribution is 2.39. The minimum atomic E-state index is -5.08. The third-order valence-electron chi connectivity index (χ3n) is 6.74. The van der Waals surface area contributed by atoms with Crippen LogP contribution in [0.1, 0.15) is 44.6 Å². The molecule has 0 aliphatic heterocycles. The van der Waals surface area contributed by atoms with Gasteiger partial charge in [0.2, 0.25) is 11.8 Å². The van der Waals surface area contributed by atoms with Crippen LogP contribution >= 0.6 is 0 Å². The Labute approximate surface area is 268 Å². The number of alkyl halides is 3. The van der Waals surface area contributed by atoms with Gasteiger partial charge in [-0.05, 0) is 35.6 Å². The molecule has 3 aromatic rings. The summed E-state index contributed by atoms with van der Waals surface area (Å²) >= 11 is 0. The largest absolute Gasteiger partial charge is 0.490 e. The second kappa shape index (κ2) is 16.9. The second-order valence-corrected chi connectivity index (χ2v) is 11.5. The van der Waals surface area contributed by atoms with Crippen molar-refractivity contribution in [2.24, 2.45) is 16.9 Å². The predicted molar refractivity (Wildman–Crippen MR) is 162 cm³/mol. The number of hydrogen-bond acceptors (Lipinski definition) is 7. The summed E-state index contributed by atoms with van der Waals surface area (Å²) < 4.78 is 62.4. The first-order valence-electron chi connectivity index (χ1n) is 14.4. The van der Waals surface area contributed by atoms with E-state index in [4.69, 9.17) is 26.4 Å². The van der Waals surface area contributed by atoms with Crippen molar-refractivity contribution in [3.05, 3.63) is 77.8 Å². The number of carboxylic acids is 1. The molecule has 0 radical (unpaired) electrons. The molecule has 2 atom stereocenters. The van der Waals surface area contributed by atoms with Crippen LogP contribution in [0, 0.1) is 17.0 Å². The number of nitrogens with one attached hydrogen (secondary N) is 1. The van der Waals surface area contributed by atoms with Gasteiger partial charge in [0.15, 0.2) is 0 Å². The summed E-state index contributed by atoms with van der Waals surface area (Å²) in [5.74, 6) is -4.57. The summed E-state index contributed by atoms with van der Waals surface area (Å²) in [6, 6.07) is 11.0. The Morgan fingerprint density at radius 3 is 2.21 bits per heavy atom. The number of amides is 2. The molecule has 2 amide bonds. The molecule has 16 heteroatoms. The van der Waals surface area contributed by atoms with Gasteiger partial charge in [-0.1, -0.05) is 51.1 Å². The highest BCUT2D eigenvalue weighted by Gasteiger charge is 2.39. The lowest BCUT2D eigenvalue weighted by Crippen LogP contribution is -2.48. The third kappa shape index (κ3) is 11.4. The number of halogens is 5. The first-order chi connectivity index (χ1) is 21.9. The number of nitrogens with zero attached hydrogens (tertiary/aromatic N) is 3. The van der Waals surface area contributed by atoms with Crippen molar-refractivity contribution in [1.82, 2.24) is 19.8 Å². The average molecular weight is 671 g/mol. The van der Waals surface area contributed by atoms with E-state index in [1.165, 1.54) is 4.90 Å². The number of carboxylic acid groups (broad SMARTS) is 1. The van der Waals surface area contributed by atoms with Crippen LogP contribution in [-0.4, -0.2) is 80.9 Å². The lowest BCUT2D eigenvalue weighted by Gasteiger charge is -2.40. The predicted octanol–water partition coefficient (Wildman–Crippen LogP) is 3.21. The monoisotopic (exact) mass is 670 g/mol. The van der Waals surface area contributed by atoms with E-state index >= 15 is 0 Å². The van der Waals surface area contributed by atoms with E-state index in [2.05, 4.69) is 5.32 Å². The summed E-state index contributed by atoms with van der Waals surface area (Å²) in [4.78, 5) is 40.6. The van der Waals surface area contributed by atoms with Crippen molar-refractivity contribution in [1.29, 1.82) is 0 Å². The second-order valence-electron chi connectivity index (χ2n) is 11.5. The molecular formula is C31H39F5N6O5. The van der Waals surface area contributed by atoms with Gasteiger partial charge in [-0.2, -0.15) is 13.2 Å². The van der Waals surface area contributed by atoms with Gasteiger partial charge in [0, 0.05) is 37.9 Å². The van der Waals surface area contributed by atoms with E-state index in [-0.39, 0.29) is 37.3 Å². The van der Waals surface area contributed by atoms with Crippen LogP contribution in [0.15, 0.2) is 54.7 Å². The zero-order chi connectivity index (χ0) is 35.5. The molecule has 258 valence electrons. The Kier molecular flexibility index (Phi) is 14.0. The smallest absolute Gasteiger partial charge is 0.475 e. The molecule has 2 aromatic carbocycles. The summed E-state index contributed by atoms with van der Waals surface area (Å²) in [5, 5.41) is 19.6. The molecule has 0 saturated heterocycles. The molecule has 0 bridgehead atoms. The molecule has 0 saturated carbocycles. The molecule has 0 fully saturated rings. The number of benzene rings is 2. The Bertz CT molecular complexity index is 1490. The van der Waals surface area contributed by atoms with E-state index in [1.54, 1.807) is 10.8 Å². The number of rotatable bonds is 12. The van der Waals surface area contributed by atoms with Gasteiger partial charge in [0.1, 0.15) is 24.1 Å². The van der Waals surface area contributed by atoms with Gasteiger partial charge in [0.05, 0.1) is 17.8 Å². The number of aliphatic hydroxyl groups excluding tert-OH is 1. The third-order valence-corrected chi connectivity index (χ3v) is 6.74. The fourth-order valence-corrected chi connectivity index (χ4v) is 4.60. The zero-order valence-electron chi connectivity index (χ0n) is 26.1. The Morgan fingerprint density at radius 2 is 1.68 bits per heavy atom. The van der Waals surface area contributed by atoms with Gasteiger partial charge in [0.25, 0.3) is 0 Å². The molecular weight excluding hydrogens is 631 g/mol. The number of imidazole rings is 1. The normalized spacial score (nSPS) is 12.8. The van der Waals surface area contributed by atoms with Crippen LogP contribution < -0.4 is 16.8 Å². The van der Waals surface area contributed by atoms with Crippen LogP contribution in [0.4, 0.5) is 22.0 Å². The lowest BCUT2D eigenvalue weighted by molar-refractivity contribution is -0.192. The molecule has 3 rings (SSSR count).